The maximum atomic E-state index is 12.8. The summed E-state index contributed by atoms with van der Waals surface area (Å²) in [6.45, 7) is 4.01. The Morgan fingerprint density at radius 1 is 1.29 bits per heavy atom. The van der Waals surface area contributed by atoms with E-state index in [1.807, 2.05) is 6.92 Å². The molecule has 0 bridgehead atoms. The molecule has 3 rings (SSSR count). The van der Waals surface area contributed by atoms with Crippen LogP contribution in [-0.2, 0) is 0 Å². The fourth-order valence-corrected chi connectivity index (χ4v) is 3.59. The average Bonchev–Trinajstić information content (AvgIpc) is 3.00. The van der Waals surface area contributed by atoms with E-state index in [0.29, 0.717) is 28.3 Å². The van der Waals surface area contributed by atoms with Crippen molar-refractivity contribution < 1.29 is 18.7 Å². The molecule has 2 aromatic heterocycles. The lowest BCUT2D eigenvalue weighted by Crippen LogP contribution is -2.21. The van der Waals surface area contributed by atoms with Crippen LogP contribution in [0.2, 0.25) is 0 Å². The number of anilines is 1. The summed E-state index contributed by atoms with van der Waals surface area (Å²) in [5, 5.41) is 3.41. The number of aryl methyl sites for hydroxylation is 1. The third kappa shape index (κ3) is 3.89. The molecule has 0 radical (unpaired) electrons. The number of carbonyl (C=O) groups excluding carboxylic acids is 2. The zero-order valence-electron chi connectivity index (χ0n) is 15.9. The molecule has 0 aliphatic heterocycles. The Labute approximate surface area is 164 Å². The second kappa shape index (κ2) is 7.81. The molecule has 0 aliphatic rings. The van der Waals surface area contributed by atoms with Gasteiger partial charge < -0.3 is 14.1 Å². The molecular weight excluding hydrogens is 382 g/mol. The van der Waals surface area contributed by atoms with Gasteiger partial charge in [-0.2, -0.15) is 0 Å². The zero-order valence-corrected chi connectivity index (χ0v) is 16.7. The molecule has 0 saturated carbocycles. The van der Waals surface area contributed by atoms with Gasteiger partial charge in [0.05, 0.1) is 17.9 Å². The zero-order chi connectivity index (χ0) is 20.4. The number of benzene rings is 1. The van der Waals surface area contributed by atoms with Crippen molar-refractivity contribution in [2.75, 3.05) is 26.0 Å². The highest BCUT2D eigenvalue weighted by Crippen LogP contribution is 2.26. The standard InChI is InChI=1S/C19H19N3O5S/c1-5-26-11-6-7-12-13(9-15(23)27-14(12)8-11)17(24)21-19-20-10(2)16(28-19)18(25)22(3)4/h6-9H,5H2,1-4H3,(H,20,21,24). The molecule has 0 fully saturated rings. The summed E-state index contributed by atoms with van der Waals surface area (Å²) in [6, 6.07) is 6.05. The van der Waals surface area contributed by atoms with Crippen molar-refractivity contribution in [2.45, 2.75) is 13.8 Å². The van der Waals surface area contributed by atoms with Crippen molar-refractivity contribution in [3.63, 3.8) is 0 Å². The van der Waals surface area contributed by atoms with Crippen molar-refractivity contribution in [3.8, 4) is 5.75 Å². The largest absolute Gasteiger partial charge is 0.494 e. The van der Waals surface area contributed by atoms with Crippen molar-refractivity contribution in [3.05, 3.63) is 50.8 Å². The van der Waals surface area contributed by atoms with Crippen molar-refractivity contribution in [2.24, 2.45) is 0 Å². The fraction of sp³-hybridized carbons (Fsp3) is 0.263. The first-order valence-corrected chi connectivity index (χ1v) is 9.33. The van der Waals surface area contributed by atoms with Crippen molar-refractivity contribution in [1.29, 1.82) is 0 Å². The van der Waals surface area contributed by atoms with Gasteiger partial charge in [0.2, 0.25) is 0 Å². The third-order valence-electron chi connectivity index (χ3n) is 3.89. The van der Waals surface area contributed by atoms with Gasteiger partial charge in [-0.15, -0.1) is 0 Å². The van der Waals surface area contributed by atoms with Crippen LogP contribution in [-0.4, -0.2) is 42.4 Å². The first kappa shape index (κ1) is 19.6. The van der Waals surface area contributed by atoms with Crippen molar-refractivity contribution in [1.82, 2.24) is 9.88 Å². The second-order valence-electron chi connectivity index (χ2n) is 6.16. The summed E-state index contributed by atoms with van der Waals surface area (Å²) in [5.74, 6) is -0.164. The number of fused-ring (bicyclic) bond motifs is 1. The first-order chi connectivity index (χ1) is 13.3. The smallest absolute Gasteiger partial charge is 0.337 e. The molecule has 0 spiro atoms. The summed E-state index contributed by atoms with van der Waals surface area (Å²) in [5.41, 5.74) is 0.285. The first-order valence-electron chi connectivity index (χ1n) is 8.51. The van der Waals surface area contributed by atoms with Gasteiger partial charge in [0.25, 0.3) is 11.8 Å². The van der Waals surface area contributed by atoms with Gasteiger partial charge in [0.1, 0.15) is 16.2 Å². The molecule has 1 aromatic carbocycles. The topological polar surface area (TPSA) is 102 Å². The van der Waals surface area contributed by atoms with Crippen LogP contribution in [0, 0.1) is 6.92 Å². The van der Waals surface area contributed by atoms with Crippen LogP contribution in [0.5, 0.6) is 5.75 Å². The lowest BCUT2D eigenvalue weighted by Gasteiger charge is -2.08. The number of nitrogens with one attached hydrogen (secondary N) is 1. The highest BCUT2D eigenvalue weighted by molar-refractivity contribution is 7.17. The predicted octanol–water partition coefficient (Wildman–Crippen LogP) is 2.91. The van der Waals surface area contributed by atoms with Gasteiger partial charge in [-0.1, -0.05) is 11.3 Å². The van der Waals surface area contributed by atoms with Crippen LogP contribution < -0.4 is 15.7 Å². The number of carbonyl (C=O) groups is 2. The maximum Gasteiger partial charge on any atom is 0.337 e. The van der Waals surface area contributed by atoms with E-state index < -0.39 is 11.5 Å². The van der Waals surface area contributed by atoms with Gasteiger partial charge in [0.15, 0.2) is 5.13 Å². The Balaban J connectivity index is 1.95. The summed E-state index contributed by atoms with van der Waals surface area (Å²) >= 11 is 1.08. The number of hydrogen-bond acceptors (Lipinski definition) is 7. The molecule has 0 atom stereocenters. The van der Waals surface area contributed by atoms with Crippen LogP contribution >= 0.6 is 11.3 Å². The highest BCUT2D eigenvalue weighted by Gasteiger charge is 2.20. The van der Waals surface area contributed by atoms with E-state index in [-0.39, 0.29) is 22.2 Å². The number of ether oxygens (including phenoxy) is 1. The second-order valence-corrected chi connectivity index (χ2v) is 7.16. The van der Waals surface area contributed by atoms with E-state index in [0.717, 1.165) is 17.4 Å². The van der Waals surface area contributed by atoms with Crippen LogP contribution in [0.25, 0.3) is 11.0 Å². The summed E-state index contributed by atoms with van der Waals surface area (Å²) in [4.78, 5) is 42.9. The Bertz CT molecular complexity index is 1120. The van der Waals surface area contributed by atoms with E-state index in [1.165, 1.54) is 4.90 Å². The minimum absolute atomic E-state index is 0.155. The van der Waals surface area contributed by atoms with E-state index >= 15 is 0 Å². The minimum atomic E-state index is -0.648. The number of nitrogens with zero attached hydrogens (tertiary/aromatic N) is 2. The van der Waals surface area contributed by atoms with Gasteiger partial charge in [-0.25, -0.2) is 9.78 Å². The van der Waals surface area contributed by atoms with Gasteiger partial charge in [0, 0.05) is 31.6 Å². The summed E-state index contributed by atoms with van der Waals surface area (Å²) < 4.78 is 10.6. The van der Waals surface area contributed by atoms with E-state index in [1.54, 1.807) is 39.2 Å². The van der Waals surface area contributed by atoms with E-state index in [9.17, 15) is 14.4 Å². The molecule has 0 unspecified atom stereocenters. The molecule has 1 N–H and O–H groups in total. The number of hydrogen-bond donors (Lipinski definition) is 1. The average molecular weight is 401 g/mol. The Morgan fingerprint density at radius 2 is 2.04 bits per heavy atom. The summed E-state index contributed by atoms with van der Waals surface area (Å²) in [7, 11) is 3.29. The minimum Gasteiger partial charge on any atom is -0.494 e. The SMILES string of the molecule is CCOc1ccc2c(C(=O)Nc3nc(C)c(C(=O)N(C)C)s3)cc(=O)oc2c1. The quantitative estimate of drug-likeness (QED) is 0.660. The molecule has 0 aliphatic carbocycles. The molecule has 146 valence electrons. The Kier molecular flexibility index (Phi) is 5.46. The normalized spacial score (nSPS) is 10.7. The molecule has 28 heavy (non-hydrogen) atoms. The van der Waals surface area contributed by atoms with E-state index in [2.05, 4.69) is 10.3 Å². The lowest BCUT2D eigenvalue weighted by atomic mass is 10.1. The highest BCUT2D eigenvalue weighted by atomic mass is 32.1. The van der Waals surface area contributed by atoms with Crippen LogP contribution in [0.4, 0.5) is 5.13 Å². The maximum absolute atomic E-state index is 12.8. The van der Waals surface area contributed by atoms with Gasteiger partial charge >= 0.3 is 5.63 Å². The molecule has 8 nitrogen and oxygen atoms in total. The number of thiazole rings is 1. The Morgan fingerprint density at radius 3 is 2.71 bits per heavy atom. The predicted molar refractivity (Wildman–Crippen MR) is 106 cm³/mol. The fourth-order valence-electron chi connectivity index (χ4n) is 2.60. The third-order valence-corrected chi connectivity index (χ3v) is 4.95. The van der Waals surface area contributed by atoms with E-state index in [4.69, 9.17) is 9.15 Å². The summed E-state index contributed by atoms with van der Waals surface area (Å²) in [6.07, 6.45) is 0. The van der Waals surface area contributed by atoms with Crippen LogP contribution in [0.15, 0.2) is 33.5 Å². The molecule has 0 saturated heterocycles. The molecule has 2 amide bonds. The molecule has 2 heterocycles. The van der Waals surface area contributed by atoms with Gasteiger partial charge in [-0.3, -0.25) is 14.9 Å². The molecule has 9 heteroatoms. The number of aromatic nitrogens is 1. The lowest BCUT2D eigenvalue weighted by molar-refractivity contribution is 0.0831. The molecule has 3 aromatic rings. The number of amides is 2. The Hall–Kier alpha value is -3.20. The molecular formula is C19H19N3O5S. The monoisotopic (exact) mass is 401 g/mol. The van der Waals surface area contributed by atoms with Gasteiger partial charge in [-0.05, 0) is 26.0 Å². The number of rotatable bonds is 5. The van der Waals surface area contributed by atoms with Crippen LogP contribution in [0.1, 0.15) is 32.6 Å². The van der Waals surface area contributed by atoms with Crippen molar-refractivity contribution >= 4 is 39.3 Å². The van der Waals surface area contributed by atoms with Crippen LogP contribution in [0.3, 0.4) is 0 Å².